The van der Waals surface area contributed by atoms with Crippen LogP contribution < -0.4 is 10.1 Å². The maximum Gasteiger partial charge on any atom is 0.234 e. The van der Waals surface area contributed by atoms with E-state index in [1.165, 1.54) is 28.6 Å². The zero-order chi connectivity index (χ0) is 19.7. The highest BCUT2D eigenvalue weighted by Gasteiger charge is 2.24. The van der Waals surface area contributed by atoms with Crippen molar-refractivity contribution in [2.45, 2.75) is 38.1 Å². The van der Waals surface area contributed by atoms with Crippen molar-refractivity contribution in [1.82, 2.24) is 9.97 Å². The van der Waals surface area contributed by atoms with Crippen molar-refractivity contribution in [1.29, 1.82) is 0 Å². The van der Waals surface area contributed by atoms with Gasteiger partial charge in [0.15, 0.2) is 0 Å². The lowest BCUT2D eigenvalue weighted by Crippen LogP contribution is -2.15. The number of thioether (sulfide) groups is 1. The Morgan fingerprint density at radius 2 is 2.18 bits per heavy atom. The first kappa shape index (κ1) is 19.2. The van der Waals surface area contributed by atoms with E-state index in [9.17, 15) is 4.79 Å². The van der Waals surface area contributed by atoms with Crippen molar-refractivity contribution in [3.8, 4) is 5.75 Å². The summed E-state index contributed by atoms with van der Waals surface area (Å²) in [5.74, 6) is 2.35. The van der Waals surface area contributed by atoms with E-state index in [0.29, 0.717) is 17.2 Å². The molecule has 146 valence electrons. The van der Waals surface area contributed by atoms with Crippen LogP contribution in [-0.4, -0.2) is 28.7 Å². The highest BCUT2D eigenvalue weighted by atomic mass is 32.2. The van der Waals surface area contributed by atoms with E-state index in [-0.39, 0.29) is 5.91 Å². The van der Waals surface area contributed by atoms with Gasteiger partial charge in [0.05, 0.1) is 18.6 Å². The van der Waals surface area contributed by atoms with Crippen molar-refractivity contribution in [3.05, 3.63) is 40.5 Å². The van der Waals surface area contributed by atoms with Gasteiger partial charge in [0.1, 0.15) is 21.4 Å². The molecule has 7 heteroatoms. The van der Waals surface area contributed by atoms with Gasteiger partial charge in [0.2, 0.25) is 5.91 Å². The minimum Gasteiger partial charge on any atom is -0.495 e. The van der Waals surface area contributed by atoms with E-state index in [0.717, 1.165) is 39.8 Å². The summed E-state index contributed by atoms with van der Waals surface area (Å²) in [5, 5.41) is 5.01. The number of rotatable bonds is 5. The number of thiophene rings is 1. The summed E-state index contributed by atoms with van der Waals surface area (Å²) in [6.45, 7) is 4.22. The number of fused-ring (bicyclic) bond motifs is 3. The number of para-hydroxylation sites is 2. The second kappa shape index (κ2) is 8.09. The normalized spacial score (nSPS) is 16.0. The minimum atomic E-state index is -0.0726. The fraction of sp³-hybridized carbons (Fsp3) is 0.381. The van der Waals surface area contributed by atoms with Gasteiger partial charge < -0.3 is 10.1 Å². The third kappa shape index (κ3) is 3.86. The molecule has 0 fully saturated rings. The number of hydrogen-bond donors (Lipinski definition) is 1. The first-order valence-corrected chi connectivity index (χ1v) is 11.2. The van der Waals surface area contributed by atoms with Gasteiger partial charge in [-0.3, -0.25) is 4.79 Å². The van der Waals surface area contributed by atoms with Crippen LogP contribution in [0.4, 0.5) is 5.69 Å². The van der Waals surface area contributed by atoms with Gasteiger partial charge in [-0.15, -0.1) is 11.3 Å². The summed E-state index contributed by atoms with van der Waals surface area (Å²) < 4.78 is 5.30. The number of aryl methyl sites for hydroxylation is 2. The summed E-state index contributed by atoms with van der Waals surface area (Å²) in [7, 11) is 1.60. The monoisotopic (exact) mass is 413 g/mol. The average Bonchev–Trinajstić information content (AvgIpc) is 3.03. The summed E-state index contributed by atoms with van der Waals surface area (Å²) in [6, 6.07) is 7.43. The summed E-state index contributed by atoms with van der Waals surface area (Å²) in [5.41, 5.74) is 2.08. The molecule has 2 heterocycles. The Bertz CT molecular complexity index is 1030. The number of aromatic nitrogens is 2. The molecule has 1 N–H and O–H groups in total. The number of benzene rings is 1. The van der Waals surface area contributed by atoms with Crippen LogP contribution in [0.3, 0.4) is 0 Å². The number of methoxy groups -OCH3 is 1. The molecule has 1 aliphatic carbocycles. The maximum absolute atomic E-state index is 12.5. The standard InChI is InChI=1S/C21H23N3O2S2/c1-12-8-9-14-17(10-12)28-21-19(14)20(22-13(2)23-21)27-11-18(25)24-15-6-4-5-7-16(15)26-3/h4-7,12H,8-11H2,1-3H3,(H,24,25)/t12-/m1/s1. The second-order valence-corrected chi connectivity index (χ2v) is 9.19. The number of nitrogens with one attached hydrogen (secondary N) is 1. The van der Waals surface area contributed by atoms with Crippen LogP contribution in [0.5, 0.6) is 5.75 Å². The molecule has 28 heavy (non-hydrogen) atoms. The van der Waals surface area contributed by atoms with Crippen molar-refractivity contribution in [2.75, 3.05) is 18.2 Å². The van der Waals surface area contributed by atoms with Crippen molar-refractivity contribution in [3.63, 3.8) is 0 Å². The number of nitrogens with zero attached hydrogens (tertiary/aromatic N) is 2. The minimum absolute atomic E-state index is 0.0726. The van der Waals surface area contributed by atoms with E-state index < -0.39 is 0 Å². The molecule has 4 rings (SSSR count). The molecule has 3 aromatic rings. The van der Waals surface area contributed by atoms with Crippen LogP contribution in [0.15, 0.2) is 29.3 Å². The second-order valence-electron chi connectivity index (χ2n) is 7.15. The molecule has 0 saturated carbocycles. The summed E-state index contributed by atoms with van der Waals surface area (Å²) >= 11 is 3.28. The molecule has 0 aliphatic heterocycles. The number of amides is 1. The van der Waals surface area contributed by atoms with E-state index in [1.807, 2.05) is 31.2 Å². The molecule has 1 amide bonds. The Labute approximate surface area is 172 Å². The van der Waals surface area contributed by atoms with Crippen LogP contribution in [0.25, 0.3) is 10.2 Å². The van der Waals surface area contributed by atoms with E-state index in [4.69, 9.17) is 4.74 Å². The van der Waals surface area contributed by atoms with Crippen molar-refractivity contribution in [2.24, 2.45) is 5.92 Å². The fourth-order valence-corrected chi connectivity index (χ4v) is 5.98. The lowest BCUT2D eigenvalue weighted by Gasteiger charge is -2.18. The van der Waals surface area contributed by atoms with Gasteiger partial charge in [-0.2, -0.15) is 0 Å². The number of ether oxygens (including phenoxy) is 1. The molecule has 0 spiro atoms. The van der Waals surface area contributed by atoms with Crippen molar-refractivity contribution >= 4 is 44.9 Å². The summed E-state index contributed by atoms with van der Waals surface area (Å²) in [4.78, 5) is 24.3. The molecular weight excluding hydrogens is 390 g/mol. The Morgan fingerprint density at radius 3 is 3.00 bits per heavy atom. The van der Waals surface area contributed by atoms with Crippen LogP contribution in [0.2, 0.25) is 0 Å². The number of carbonyl (C=O) groups is 1. The summed E-state index contributed by atoms with van der Waals surface area (Å²) in [6.07, 6.45) is 3.39. The van der Waals surface area contributed by atoms with Crippen molar-refractivity contribution < 1.29 is 9.53 Å². The zero-order valence-corrected chi connectivity index (χ0v) is 17.9. The molecule has 0 unspecified atom stereocenters. The lowest BCUT2D eigenvalue weighted by atomic mass is 9.89. The third-order valence-electron chi connectivity index (χ3n) is 4.95. The highest BCUT2D eigenvalue weighted by molar-refractivity contribution is 8.00. The van der Waals surface area contributed by atoms with E-state index in [2.05, 4.69) is 22.2 Å². The zero-order valence-electron chi connectivity index (χ0n) is 16.2. The van der Waals surface area contributed by atoms with Crippen LogP contribution in [0.1, 0.15) is 29.6 Å². The van der Waals surface area contributed by atoms with Gasteiger partial charge in [0, 0.05) is 10.3 Å². The highest BCUT2D eigenvalue weighted by Crippen LogP contribution is 2.40. The molecule has 1 aliphatic rings. The molecule has 1 aromatic carbocycles. The molecule has 2 aromatic heterocycles. The van der Waals surface area contributed by atoms with Gasteiger partial charge >= 0.3 is 0 Å². The van der Waals surface area contributed by atoms with E-state index in [1.54, 1.807) is 18.4 Å². The van der Waals surface area contributed by atoms with E-state index >= 15 is 0 Å². The predicted octanol–water partition coefficient (Wildman–Crippen LogP) is 4.86. The van der Waals surface area contributed by atoms with Crippen LogP contribution in [-0.2, 0) is 17.6 Å². The molecule has 5 nitrogen and oxygen atoms in total. The number of carbonyl (C=O) groups excluding carboxylic acids is 1. The first-order chi connectivity index (χ1) is 13.5. The Hall–Kier alpha value is -2.12. The number of anilines is 1. The van der Waals surface area contributed by atoms with Crippen LogP contribution in [0, 0.1) is 12.8 Å². The Kier molecular flexibility index (Phi) is 5.55. The van der Waals surface area contributed by atoms with Gasteiger partial charge in [0.25, 0.3) is 0 Å². The largest absolute Gasteiger partial charge is 0.495 e. The van der Waals surface area contributed by atoms with Gasteiger partial charge in [-0.25, -0.2) is 9.97 Å². The third-order valence-corrected chi connectivity index (χ3v) is 7.08. The lowest BCUT2D eigenvalue weighted by molar-refractivity contribution is -0.113. The smallest absolute Gasteiger partial charge is 0.234 e. The molecular formula is C21H23N3O2S2. The fourth-order valence-electron chi connectivity index (χ4n) is 3.58. The molecule has 1 atom stereocenters. The van der Waals surface area contributed by atoms with Gasteiger partial charge in [-0.1, -0.05) is 30.8 Å². The quantitative estimate of drug-likeness (QED) is 0.478. The molecule has 0 bridgehead atoms. The topological polar surface area (TPSA) is 64.1 Å². The Morgan fingerprint density at radius 1 is 1.36 bits per heavy atom. The first-order valence-electron chi connectivity index (χ1n) is 9.39. The van der Waals surface area contributed by atoms with Crippen LogP contribution >= 0.6 is 23.1 Å². The number of hydrogen-bond acceptors (Lipinski definition) is 6. The maximum atomic E-state index is 12.5. The molecule has 0 saturated heterocycles. The van der Waals surface area contributed by atoms with Gasteiger partial charge in [-0.05, 0) is 49.8 Å². The average molecular weight is 414 g/mol. The SMILES string of the molecule is COc1ccccc1NC(=O)CSc1nc(C)nc2sc3c(c12)CC[C@@H](C)C3. The molecule has 0 radical (unpaired) electrons. The predicted molar refractivity (Wildman–Crippen MR) is 116 cm³/mol. The Balaban J connectivity index is 1.55.